The summed E-state index contributed by atoms with van der Waals surface area (Å²) in [7, 11) is -1.31. The second-order valence-electron chi connectivity index (χ2n) is 11.1. The molecule has 0 saturated carbocycles. The number of benzene rings is 3. The normalized spacial score (nSPS) is 16.8. The Hall–Kier alpha value is -2.24. The SMILES string of the molecule is C[Si](C)(C)c1ccc(C(O)CCCN2CCC(C(O)(c3ccccc3)c3ccccc3)CC2)cc1. The zero-order valence-corrected chi connectivity index (χ0v) is 22.5. The predicted octanol–water partition coefficient (Wildman–Crippen LogP) is 5.69. The zero-order chi connectivity index (χ0) is 24.9. The molecule has 1 saturated heterocycles. The van der Waals surface area contributed by atoms with E-state index in [0.29, 0.717) is 0 Å². The smallest absolute Gasteiger partial charge is 0.117 e. The van der Waals surface area contributed by atoms with E-state index in [1.54, 1.807) is 0 Å². The van der Waals surface area contributed by atoms with Gasteiger partial charge in [-0.05, 0) is 67.9 Å². The second-order valence-corrected chi connectivity index (χ2v) is 16.2. The van der Waals surface area contributed by atoms with Gasteiger partial charge in [-0.3, -0.25) is 0 Å². The van der Waals surface area contributed by atoms with Crippen molar-refractivity contribution in [3.8, 4) is 0 Å². The van der Waals surface area contributed by atoms with E-state index in [-0.39, 0.29) is 5.92 Å². The van der Waals surface area contributed by atoms with Gasteiger partial charge in [0.15, 0.2) is 0 Å². The molecule has 35 heavy (non-hydrogen) atoms. The number of aliphatic hydroxyl groups is 2. The number of nitrogens with zero attached hydrogens (tertiary/aromatic N) is 1. The lowest BCUT2D eigenvalue weighted by Crippen LogP contribution is -2.44. The van der Waals surface area contributed by atoms with Crippen molar-refractivity contribution in [3.63, 3.8) is 0 Å². The molecule has 3 aromatic carbocycles. The molecule has 3 aromatic rings. The van der Waals surface area contributed by atoms with Crippen molar-refractivity contribution in [2.24, 2.45) is 5.92 Å². The summed E-state index contributed by atoms with van der Waals surface area (Å²) in [4.78, 5) is 2.49. The highest BCUT2D eigenvalue weighted by molar-refractivity contribution is 6.88. The number of rotatable bonds is 9. The van der Waals surface area contributed by atoms with Crippen LogP contribution in [0.25, 0.3) is 0 Å². The summed E-state index contributed by atoms with van der Waals surface area (Å²) < 4.78 is 0. The van der Waals surface area contributed by atoms with Crippen LogP contribution >= 0.6 is 0 Å². The van der Waals surface area contributed by atoms with Crippen LogP contribution < -0.4 is 5.19 Å². The van der Waals surface area contributed by atoms with E-state index in [2.05, 4.69) is 73.1 Å². The van der Waals surface area contributed by atoms with E-state index in [9.17, 15) is 10.2 Å². The molecule has 1 fully saturated rings. The molecule has 1 aliphatic rings. The Bertz CT molecular complexity index is 999. The number of hydrogen-bond donors (Lipinski definition) is 2. The number of piperidine rings is 1. The zero-order valence-electron chi connectivity index (χ0n) is 21.5. The quantitative estimate of drug-likeness (QED) is 0.381. The minimum absolute atomic E-state index is 0.180. The van der Waals surface area contributed by atoms with Crippen LogP contribution in [0.15, 0.2) is 84.9 Å². The fourth-order valence-electron chi connectivity index (χ4n) is 5.48. The minimum Gasteiger partial charge on any atom is -0.388 e. The van der Waals surface area contributed by atoms with Crippen LogP contribution in [0, 0.1) is 5.92 Å². The van der Waals surface area contributed by atoms with Crippen molar-refractivity contribution in [2.45, 2.75) is 57.0 Å². The lowest BCUT2D eigenvalue weighted by atomic mass is 9.72. The van der Waals surface area contributed by atoms with E-state index in [1.165, 1.54) is 5.19 Å². The first-order valence-corrected chi connectivity index (χ1v) is 16.6. The monoisotopic (exact) mass is 487 g/mol. The number of likely N-dealkylation sites (tertiary alicyclic amines) is 1. The van der Waals surface area contributed by atoms with Gasteiger partial charge in [0.2, 0.25) is 0 Å². The van der Waals surface area contributed by atoms with Crippen LogP contribution in [-0.4, -0.2) is 42.8 Å². The maximum Gasteiger partial charge on any atom is 0.117 e. The molecule has 0 aromatic heterocycles. The Balaban J connectivity index is 1.32. The van der Waals surface area contributed by atoms with Gasteiger partial charge in [0.25, 0.3) is 0 Å². The molecule has 1 unspecified atom stereocenters. The van der Waals surface area contributed by atoms with Gasteiger partial charge in [-0.25, -0.2) is 0 Å². The van der Waals surface area contributed by atoms with Crippen LogP contribution in [0.5, 0.6) is 0 Å². The first-order chi connectivity index (χ1) is 16.8. The average molecular weight is 488 g/mol. The highest BCUT2D eigenvalue weighted by Gasteiger charge is 2.41. The van der Waals surface area contributed by atoms with Crippen molar-refractivity contribution >= 4 is 13.3 Å². The van der Waals surface area contributed by atoms with Gasteiger partial charge in [0.1, 0.15) is 5.60 Å². The highest BCUT2D eigenvalue weighted by Crippen LogP contribution is 2.41. The summed E-state index contributed by atoms with van der Waals surface area (Å²) in [6.07, 6.45) is 3.28. The molecule has 0 radical (unpaired) electrons. The fraction of sp³-hybridized carbons (Fsp3) is 0.419. The summed E-state index contributed by atoms with van der Waals surface area (Å²) >= 11 is 0. The Morgan fingerprint density at radius 3 is 1.83 bits per heavy atom. The lowest BCUT2D eigenvalue weighted by molar-refractivity contribution is -0.0146. The lowest BCUT2D eigenvalue weighted by Gasteiger charge is -2.42. The van der Waals surface area contributed by atoms with E-state index in [0.717, 1.165) is 62.0 Å². The Kier molecular flexibility index (Phi) is 8.28. The van der Waals surface area contributed by atoms with Gasteiger partial charge < -0.3 is 15.1 Å². The summed E-state index contributed by atoms with van der Waals surface area (Å²) in [6, 6.07) is 28.9. The fourth-order valence-corrected chi connectivity index (χ4v) is 6.64. The Morgan fingerprint density at radius 1 is 0.829 bits per heavy atom. The maximum atomic E-state index is 12.1. The molecular formula is C31H41NO2Si. The first kappa shape index (κ1) is 25.8. The highest BCUT2D eigenvalue weighted by atomic mass is 28.3. The molecule has 1 heterocycles. The van der Waals surface area contributed by atoms with Gasteiger partial charge in [0, 0.05) is 0 Å². The second kappa shape index (κ2) is 11.2. The standard InChI is InChI=1S/C31H41NO2Si/c1-35(2,3)29-18-16-25(17-19-29)30(33)15-10-22-32-23-20-28(21-24-32)31(34,26-11-6-4-7-12-26)27-13-8-5-9-14-27/h4-9,11-14,16-19,28,30,33-34H,10,15,20-24H2,1-3H3. The van der Waals surface area contributed by atoms with Crippen LogP contribution in [0.1, 0.15) is 48.5 Å². The van der Waals surface area contributed by atoms with Crippen molar-refractivity contribution in [1.82, 2.24) is 4.90 Å². The van der Waals surface area contributed by atoms with Crippen LogP contribution in [-0.2, 0) is 5.60 Å². The molecule has 186 valence electrons. The topological polar surface area (TPSA) is 43.7 Å². The van der Waals surface area contributed by atoms with Crippen LogP contribution in [0.4, 0.5) is 0 Å². The van der Waals surface area contributed by atoms with Crippen molar-refractivity contribution in [1.29, 1.82) is 0 Å². The number of hydrogen-bond acceptors (Lipinski definition) is 3. The van der Waals surface area contributed by atoms with Gasteiger partial charge in [-0.2, -0.15) is 0 Å². The molecule has 4 rings (SSSR count). The van der Waals surface area contributed by atoms with Gasteiger partial charge >= 0.3 is 0 Å². The maximum absolute atomic E-state index is 12.1. The molecular weight excluding hydrogens is 446 g/mol. The third-order valence-corrected chi connectivity index (χ3v) is 9.78. The molecule has 0 amide bonds. The molecule has 4 heteroatoms. The summed E-state index contributed by atoms with van der Waals surface area (Å²) in [5.41, 5.74) is 2.02. The van der Waals surface area contributed by atoms with Gasteiger partial charge in [0.05, 0.1) is 14.2 Å². The summed E-state index contributed by atoms with van der Waals surface area (Å²) in [5, 5.41) is 24.2. The predicted molar refractivity (Wildman–Crippen MR) is 149 cm³/mol. The third-order valence-electron chi connectivity index (χ3n) is 7.72. The molecule has 3 nitrogen and oxygen atoms in total. The minimum atomic E-state index is -1.31. The third kappa shape index (κ3) is 6.12. The molecule has 1 atom stereocenters. The van der Waals surface area contributed by atoms with E-state index in [1.807, 2.05) is 36.4 Å². The average Bonchev–Trinajstić information content (AvgIpc) is 2.89. The van der Waals surface area contributed by atoms with E-state index >= 15 is 0 Å². The molecule has 1 aliphatic heterocycles. The Morgan fingerprint density at radius 2 is 1.34 bits per heavy atom. The largest absolute Gasteiger partial charge is 0.388 e. The molecule has 0 spiro atoms. The van der Waals surface area contributed by atoms with Crippen LogP contribution in [0.3, 0.4) is 0 Å². The summed E-state index contributed by atoms with van der Waals surface area (Å²) in [6.45, 7) is 10.00. The van der Waals surface area contributed by atoms with E-state index < -0.39 is 19.8 Å². The van der Waals surface area contributed by atoms with Crippen molar-refractivity contribution in [3.05, 3.63) is 102 Å². The van der Waals surface area contributed by atoms with E-state index in [4.69, 9.17) is 0 Å². The number of aliphatic hydroxyl groups excluding tert-OH is 1. The molecule has 0 bridgehead atoms. The van der Waals surface area contributed by atoms with Crippen LogP contribution in [0.2, 0.25) is 19.6 Å². The Labute approximate surface area is 212 Å². The first-order valence-electron chi connectivity index (χ1n) is 13.1. The van der Waals surface area contributed by atoms with Crippen molar-refractivity contribution in [2.75, 3.05) is 19.6 Å². The molecule has 2 N–H and O–H groups in total. The van der Waals surface area contributed by atoms with Crippen molar-refractivity contribution < 1.29 is 10.2 Å². The van der Waals surface area contributed by atoms with Gasteiger partial charge in [-0.1, -0.05) is 110 Å². The van der Waals surface area contributed by atoms with Gasteiger partial charge in [-0.15, -0.1) is 0 Å². The molecule has 0 aliphatic carbocycles. The summed E-state index contributed by atoms with van der Waals surface area (Å²) in [5.74, 6) is 0.180.